The molecule has 5 atom stereocenters. The zero-order valence-corrected chi connectivity index (χ0v) is 18.9. The van der Waals surface area contributed by atoms with Crippen molar-refractivity contribution < 1.29 is 39.5 Å². The van der Waals surface area contributed by atoms with Gasteiger partial charge in [0.15, 0.2) is 12.3 Å². The SMILES string of the molecule is CCN(CC)CCNC(=O)c1cc(Cl)c(NC2OC(C(=O)O)C(O)C(O)C2O)cc1OC. The predicted octanol–water partition coefficient (Wildman–Crippen LogP) is -0.276. The molecule has 180 valence electrons. The van der Waals surface area contributed by atoms with Crippen LogP contribution in [0.4, 0.5) is 5.69 Å². The van der Waals surface area contributed by atoms with Gasteiger partial charge in [0, 0.05) is 19.2 Å². The van der Waals surface area contributed by atoms with E-state index in [1.165, 1.54) is 19.2 Å². The summed E-state index contributed by atoms with van der Waals surface area (Å²) >= 11 is 6.29. The normalized spacial score (nSPS) is 25.4. The molecule has 11 nitrogen and oxygen atoms in total. The zero-order chi connectivity index (χ0) is 24.0. The molecule has 0 radical (unpaired) electrons. The van der Waals surface area contributed by atoms with Crippen LogP contribution in [0.2, 0.25) is 5.02 Å². The first kappa shape index (κ1) is 26.1. The third kappa shape index (κ3) is 6.00. The number of carboxylic acid groups (broad SMARTS) is 1. The van der Waals surface area contributed by atoms with Crippen LogP contribution in [0.5, 0.6) is 5.75 Å². The summed E-state index contributed by atoms with van der Waals surface area (Å²) in [5.41, 5.74) is 0.353. The Labute approximate surface area is 190 Å². The van der Waals surface area contributed by atoms with Crippen molar-refractivity contribution in [2.45, 2.75) is 44.5 Å². The third-order valence-corrected chi connectivity index (χ3v) is 5.61. The summed E-state index contributed by atoms with van der Waals surface area (Å²) in [5, 5.41) is 44.7. The van der Waals surface area contributed by atoms with E-state index in [9.17, 15) is 24.9 Å². The highest BCUT2D eigenvalue weighted by Crippen LogP contribution is 2.33. The van der Waals surface area contributed by atoms with Crippen LogP contribution in [0.1, 0.15) is 24.2 Å². The number of benzene rings is 1. The number of nitrogens with zero attached hydrogens (tertiary/aromatic N) is 1. The van der Waals surface area contributed by atoms with E-state index < -0.39 is 36.6 Å². The fourth-order valence-electron chi connectivity index (χ4n) is 3.33. The van der Waals surface area contributed by atoms with Crippen molar-refractivity contribution in [2.24, 2.45) is 0 Å². The number of hydrogen-bond acceptors (Lipinski definition) is 9. The summed E-state index contributed by atoms with van der Waals surface area (Å²) < 4.78 is 10.5. The van der Waals surface area contributed by atoms with E-state index >= 15 is 0 Å². The van der Waals surface area contributed by atoms with Gasteiger partial charge < -0.3 is 45.4 Å². The first-order valence-corrected chi connectivity index (χ1v) is 10.6. The van der Waals surface area contributed by atoms with Crippen molar-refractivity contribution in [2.75, 3.05) is 38.6 Å². The number of likely N-dealkylation sites (N-methyl/N-ethyl adjacent to an activating group) is 1. The molecule has 1 aliphatic heterocycles. The quantitative estimate of drug-likeness (QED) is 0.265. The van der Waals surface area contributed by atoms with Crippen molar-refractivity contribution in [3.8, 4) is 5.75 Å². The van der Waals surface area contributed by atoms with E-state index in [2.05, 4.69) is 15.5 Å². The van der Waals surface area contributed by atoms with Gasteiger partial charge >= 0.3 is 5.97 Å². The maximum atomic E-state index is 12.6. The first-order chi connectivity index (χ1) is 15.1. The lowest BCUT2D eigenvalue weighted by Gasteiger charge is -2.39. The van der Waals surface area contributed by atoms with Gasteiger partial charge in [-0.25, -0.2) is 4.79 Å². The Bertz CT molecular complexity index is 807. The number of aliphatic hydroxyl groups is 3. The third-order valence-electron chi connectivity index (χ3n) is 5.30. The number of halogens is 1. The van der Waals surface area contributed by atoms with Crippen molar-refractivity contribution >= 4 is 29.2 Å². The number of ether oxygens (including phenoxy) is 2. The molecule has 1 aliphatic rings. The van der Waals surface area contributed by atoms with Crippen LogP contribution < -0.4 is 15.4 Å². The number of amides is 1. The Balaban J connectivity index is 2.17. The van der Waals surface area contributed by atoms with E-state index in [0.717, 1.165) is 13.1 Å². The number of methoxy groups -OCH3 is 1. The maximum Gasteiger partial charge on any atom is 0.335 e. The minimum Gasteiger partial charge on any atom is -0.496 e. The van der Waals surface area contributed by atoms with Crippen molar-refractivity contribution in [3.63, 3.8) is 0 Å². The molecule has 5 unspecified atom stereocenters. The number of hydrogen-bond donors (Lipinski definition) is 6. The molecule has 1 saturated heterocycles. The molecular formula is C20H30ClN3O8. The molecule has 32 heavy (non-hydrogen) atoms. The number of aliphatic hydroxyl groups excluding tert-OH is 3. The Morgan fingerprint density at radius 3 is 2.38 bits per heavy atom. The molecule has 0 aliphatic carbocycles. The number of carbonyl (C=O) groups is 2. The number of carboxylic acids is 1. The van der Waals surface area contributed by atoms with Crippen molar-refractivity contribution in [1.82, 2.24) is 10.2 Å². The smallest absolute Gasteiger partial charge is 0.335 e. The molecule has 6 N–H and O–H groups in total. The lowest BCUT2D eigenvalue weighted by molar-refractivity contribution is -0.221. The van der Waals surface area contributed by atoms with Gasteiger partial charge in [0.25, 0.3) is 5.91 Å². The molecule has 1 heterocycles. The minimum atomic E-state index is -1.81. The molecule has 1 aromatic carbocycles. The number of rotatable bonds is 10. The van der Waals surface area contributed by atoms with Crippen molar-refractivity contribution in [3.05, 3.63) is 22.7 Å². The number of nitrogens with one attached hydrogen (secondary N) is 2. The van der Waals surface area contributed by atoms with Crippen LogP contribution in [0, 0.1) is 0 Å². The van der Waals surface area contributed by atoms with Crippen molar-refractivity contribution in [1.29, 1.82) is 0 Å². The molecule has 0 aromatic heterocycles. The summed E-state index contributed by atoms with van der Waals surface area (Å²) in [5.74, 6) is -1.71. The van der Waals surface area contributed by atoms with E-state index in [1.807, 2.05) is 13.8 Å². The van der Waals surface area contributed by atoms with Gasteiger partial charge in [0.1, 0.15) is 24.1 Å². The Morgan fingerprint density at radius 2 is 1.81 bits per heavy atom. The predicted molar refractivity (Wildman–Crippen MR) is 116 cm³/mol. The monoisotopic (exact) mass is 475 g/mol. The van der Waals surface area contributed by atoms with Gasteiger partial charge in [-0.05, 0) is 19.2 Å². The van der Waals surface area contributed by atoms with Gasteiger partial charge in [0.2, 0.25) is 0 Å². The van der Waals surface area contributed by atoms with Crippen LogP contribution in [0.3, 0.4) is 0 Å². The molecule has 1 amide bonds. The molecule has 1 fully saturated rings. The fraction of sp³-hybridized carbons (Fsp3) is 0.600. The Morgan fingerprint density at radius 1 is 1.16 bits per heavy atom. The van der Waals surface area contributed by atoms with E-state index in [0.29, 0.717) is 13.1 Å². The molecular weight excluding hydrogens is 446 g/mol. The van der Waals surface area contributed by atoms with E-state index in [-0.39, 0.29) is 27.9 Å². The summed E-state index contributed by atoms with van der Waals surface area (Å²) in [6, 6.07) is 2.76. The van der Waals surface area contributed by atoms with Gasteiger partial charge in [-0.2, -0.15) is 0 Å². The summed E-state index contributed by atoms with van der Waals surface area (Å²) in [6.45, 7) is 6.91. The minimum absolute atomic E-state index is 0.0722. The molecule has 1 aromatic rings. The molecule has 12 heteroatoms. The number of anilines is 1. The Kier molecular flexibility index (Phi) is 9.49. The highest BCUT2D eigenvalue weighted by Gasteiger charge is 2.47. The van der Waals surface area contributed by atoms with Gasteiger partial charge in [-0.1, -0.05) is 25.4 Å². The molecule has 0 saturated carbocycles. The Hall–Kier alpha value is -2.15. The maximum absolute atomic E-state index is 12.6. The average molecular weight is 476 g/mol. The fourth-order valence-corrected chi connectivity index (χ4v) is 3.55. The molecule has 2 rings (SSSR count). The number of aliphatic carboxylic acids is 1. The summed E-state index contributed by atoms with van der Waals surface area (Å²) in [4.78, 5) is 26.0. The topological polar surface area (TPSA) is 161 Å². The average Bonchev–Trinajstić information content (AvgIpc) is 2.77. The van der Waals surface area contributed by atoms with Crippen LogP contribution in [-0.4, -0.2) is 101 Å². The highest BCUT2D eigenvalue weighted by molar-refractivity contribution is 6.33. The lowest BCUT2D eigenvalue weighted by Crippen LogP contribution is -2.61. The van der Waals surface area contributed by atoms with E-state index in [1.54, 1.807) is 0 Å². The van der Waals surface area contributed by atoms with Gasteiger partial charge in [-0.3, -0.25) is 4.79 Å². The van der Waals surface area contributed by atoms with E-state index in [4.69, 9.17) is 26.2 Å². The largest absolute Gasteiger partial charge is 0.496 e. The summed E-state index contributed by atoms with van der Waals surface area (Å²) in [6.07, 6.45) is -8.38. The number of carbonyl (C=O) groups excluding carboxylic acids is 1. The second-order valence-electron chi connectivity index (χ2n) is 7.25. The zero-order valence-electron chi connectivity index (χ0n) is 18.1. The second-order valence-corrected chi connectivity index (χ2v) is 7.65. The van der Waals surface area contributed by atoms with Crippen LogP contribution in [0.15, 0.2) is 12.1 Å². The van der Waals surface area contributed by atoms with Crippen LogP contribution in [0.25, 0.3) is 0 Å². The standard InChI is InChI=1S/C20H30ClN3O8/c1-4-24(5-2)7-6-22-18(28)10-8-11(21)12(9-13(10)31-3)23-19-16(27)14(25)15(26)17(32-19)20(29)30/h8-9,14-17,19,23,25-27H,4-7H2,1-3H3,(H,22,28)(H,29,30). The van der Waals surface area contributed by atoms with Gasteiger partial charge in [-0.15, -0.1) is 0 Å². The van der Waals surface area contributed by atoms with Crippen LogP contribution in [-0.2, 0) is 9.53 Å². The van der Waals surface area contributed by atoms with Crippen LogP contribution >= 0.6 is 11.6 Å². The first-order valence-electron chi connectivity index (χ1n) is 10.2. The van der Waals surface area contributed by atoms with Gasteiger partial charge in [0.05, 0.1) is 23.4 Å². The highest BCUT2D eigenvalue weighted by atomic mass is 35.5. The second kappa shape index (κ2) is 11.6. The molecule has 0 spiro atoms. The summed E-state index contributed by atoms with van der Waals surface area (Å²) in [7, 11) is 1.37. The molecule has 0 bridgehead atoms. The lowest BCUT2D eigenvalue weighted by atomic mass is 9.98.